The van der Waals surface area contributed by atoms with E-state index in [0.29, 0.717) is 0 Å². The lowest BCUT2D eigenvalue weighted by atomic mass is 9.73. The van der Waals surface area contributed by atoms with Crippen molar-refractivity contribution < 1.29 is 9.90 Å². The van der Waals surface area contributed by atoms with Crippen LogP contribution in [0.25, 0.3) is 0 Å². The Morgan fingerprint density at radius 2 is 2.18 bits per heavy atom. The molecule has 0 atom stereocenters. The molecule has 0 unspecified atom stereocenters. The van der Waals surface area contributed by atoms with Gasteiger partial charge in [-0.1, -0.05) is 19.4 Å². The number of rotatable bonds is 3. The van der Waals surface area contributed by atoms with Crippen LogP contribution in [0.1, 0.15) is 53.4 Å². The third-order valence-electron chi connectivity index (χ3n) is 3.42. The molecule has 0 amide bonds. The first-order valence-electron chi connectivity index (χ1n) is 6.17. The summed E-state index contributed by atoms with van der Waals surface area (Å²) in [4.78, 5) is 10.6. The Balaban J connectivity index is 2.99. The molecule has 1 N–H and O–H groups in total. The standard InChI is InChI=1S/C15H22O2/c1-11(10-14(16)17)7-8-13-12(2)6-5-9-15(13,3)4/h8H,5-6,9-10H2,1-4H3,(H,16,17). The van der Waals surface area contributed by atoms with Crippen molar-refractivity contribution >= 4 is 5.97 Å². The second-order valence-electron chi connectivity index (χ2n) is 5.57. The van der Waals surface area contributed by atoms with Crippen LogP contribution in [-0.4, -0.2) is 11.1 Å². The minimum atomic E-state index is -0.794. The van der Waals surface area contributed by atoms with E-state index in [-0.39, 0.29) is 11.8 Å². The van der Waals surface area contributed by atoms with Crippen LogP contribution in [-0.2, 0) is 4.79 Å². The summed E-state index contributed by atoms with van der Waals surface area (Å²) in [5.41, 5.74) is 6.83. The Bertz CT molecular complexity index is 405. The molecule has 1 aliphatic carbocycles. The van der Waals surface area contributed by atoms with Gasteiger partial charge in [0.2, 0.25) is 0 Å². The Morgan fingerprint density at radius 1 is 1.53 bits per heavy atom. The molecular formula is C15H22O2. The average molecular weight is 234 g/mol. The zero-order valence-electron chi connectivity index (χ0n) is 11.3. The molecule has 1 aliphatic rings. The maximum atomic E-state index is 10.6. The fraction of sp³-hybridized carbons (Fsp3) is 0.600. The fourth-order valence-corrected chi connectivity index (χ4v) is 2.43. The lowest BCUT2D eigenvalue weighted by Crippen LogP contribution is -2.18. The molecule has 0 saturated heterocycles. The van der Waals surface area contributed by atoms with E-state index >= 15 is 0 Å². The van der Waals surface area contributed by atoms with Crippen LogP contribution in [0.4, 0.5) is 0 Å². The van der Waals surface area contributed by atoms with E-state index in [0.717, 1.165) is 12.0 Å². The summed E-state index contributed by atoms with van der Waals surface area (Å²) in [5.74, 6) is -0.794. The number of carboxylic acids is 1. The van der Waals surface area contributed by atoms with Crippen molar-refractivity contribution in [2.24, 2.45) is 5.41 Å². The summed E-state index contributed by atoms with van der Waals surface area (Å²) >= 11 is 0. The highest BCUT2D eigenvalue weighted by Crippen LogP contribution is 2.40. The molecule has 0 saturated carbocycles. The smallest absolute Gasteiger partial charge is 0.308 e. The molecule has 0 fully saturated rings. The Hall–Kier alpha value is -1.27. The SMILES string of the molecule is CC(=C=CC1=C(C)CCCC1(C)C)CC(=O)O. The highest BCUT2D eigenvalue weighted by molar-refractivity contribution is 5.69. The van der Waals surface area contributed by atoms with Crippen LogP contribution < -0.4 is 0 Å². The van der Waals surface area contributed by atoms with Crippen LogP contribution in [0.3, 0.4) is 0 Å². The van der Waals surface area contributed by atoms with E-state index in [1.165, 1.54) is 24.0 Å². The third-order valence-corrected chi connectivity index (χ3v) is 3.42. The molecule has 0 aromatic heterocycles. The molecule has 0 spiro atoms. The van der Waals surface area contributed by atoms with Gasteiger partial charge in [0.25, 0.3) is 0 Å². The molecular weight excluding hydrogens is 212 g/mol. The molecule has 2 heteroatoms. The zero-order valence-corrected chi connectivity index (χ0v) is 11.3. The van der Waals surface area contributed by atoms with Crippen molar-refractivity contribution in [1.29, 1.82) is 0 Å². The van der Waals surface area contributed by atoms with Crippen molar-refractivity contribution in [2.75, 3.05) is 0 Å². The van der Waals surface area contributed by atoms with E-state index < -0.39 is 5.97 Å². The van der Waals surface area contributed by atoms with E-state index in [1.807, 2.05) is 13.0 Å². The number of aliphatic carboxylic acids is 1. The number of allylic oxidation sites excluding steroid dienone is 2. The van der Waals surface area contributed by atoms with Gasteiger partial charge in [-0.05, 0) is 55.7 Å². The highest BCUT2D eigenvalue weighted by atomic mass is 16.4. The summed E-state index contributed by atoms with van der Waals surface area (Å²) in [6.07, 6.45) is 5.65. The van der Waals surface area contributed by atoms with Gasteiger partial charge in [0.05, 0.1) is 6.42 Å². The summed E-state index contributed by atoms with van der Waals surface area (Å²) < 4.78 is 0. The Labute approximate surface area is 104 Å². The van der Waals surface area contributed by atoms with Crippen molar-refractivity contribution in [1.82, 2.24) is 0 Å². The van der Waals surface area contributed by atoms with Crippen molar-refractivity contribution in [3.63, 3.8) is 0 Å². The van der Waals surface area contributed by atoms with Crippen LogP contribution >= 0.6 is 0 Å². The number of carboxylic acid groups (broad SMARTS) is 1. The van der Waals surface area contributed by atoms with Gasteiger partial charge in [0, 0.05) is 0 Å². The van der Waals surface area contributed by atoms with Gasteiger partial charge in [-0.3, -0.25) is 4.79 Å². The topological polar surface area (TPSA) is 37.3 Å². The lowest BCUT2D eigenvalue weighted by Gasteiger charge is -2.32. The molecule has 0 radical (unpaired) electrons. The van der Waals surface area contributed by atoms with Crippen molar-refractivity contribution in [3.8, 4) is 0 Å². The van der Waals surface area contributed by atoms with Gasteiger partial charge in [-0.15, -0.1) is 5.73 Å². The first kappa shape index (κ1) is 13.8. The van der Waals surface area contributed by atoms with Crippen molar-refractivity contribution in [2.45, 2.75) is 53.4 Å². The average Bonchev–Trinajstić information content (AvgIpc) is 2.14. The summed E-state index contributed by atoms with van der Waals surface area (Å²) in [6.45, 7) is 8.47. The quantitative estimate of drug-likeness (QED) is 0.747. The van der Waals surface area contributed by atoms with Gasteiger partial charge >= 0.3 is 5.97 Å². The normalized spacial score (nSPS) is 18.6. The van der Waals surface area contributed by atoms with Gasteiger partial charge in [0.15, 0.2) is 0 Å². The largest absolute Gasteiger partial charge is 0.481 e. The van der Waals surface area contributed by atoms with Crippen molar-refractivity contribution in [3.05, 3.63) is 28.5 Å². The van der Waals surface area contributed by atoms with E-state index in [9.17, 15) is 4.79 Å². The van der Waals surface area contributed by atoms with Gasteiger partial charge < -0.3 is 5.11 Å². The highest BCUT2D eigenvalue weighted by Gasteiger charge is 2.26. The van der Waals surface area contributed by atoms with Gasteiger partial charge in [0.1, 0.15) is 0 Å². The summed E-state index contributed by atoms with van der Waals surface area (Å²) in [6, 6.07) is 0. The minimum Gasteiger partial charge on any atom is -0.481 e. The van der Waals surface area contributed by atoms with E-state index in [1.54, 1.807) is 0 Å². The minimum absolute atomic E-state index is 0.0727. The Morgan fingerprint density at radius 3 is 2.71 bits per heavy atom. The maximum absolute atomic E-state index is 10.6. The maximum Gasteiger partial charge on any atom is 0.308 e. The third kappa shape index (κ3) is 3.90. The monoisotopic (exact) mass is 234 g/mol. The van der Waals surface area contributed by atoms with Crippen LogP contribution in [0, 0.1) is 5.41 Å². The predicted molar refractivity (Wildman–Crippen MR) is 69.9 cm³/mol. The molecule has 2 nitrogen and oxygen atoms in total. The molecule has 94 valence electrons. The number of carbonyl (C=O) groups is 1. The van der Waals surface area contributed by atoms with Crippen LogP contribution in [0.5, 0.6) is 0 Å². The van der Waals surface area contributed by atoms with E-state index in [2.05, 4.69) is 26.5 Å². The van der Waals surface area contributed by atoms with Crippen LogP contribution in [0.15, 0.2) is 28.5 Å². The van der Waals surface area contributed by atoms with Gasteiger partial charge in [-0.2, -0.15) is 0 Å². The summed E-state index contributed by atoms with van der Waals surface area (Å²) in [7, 11) is 0. The fourth-order valence-electron chi connectivity index (χ4n) is 2.43. The predicted octanol–water partition coefficient (Wildman–Crippen LogP) is 4.09. The molecule has 1 rings (SSSR count). The lowest BCUT2D eigenvalue weighted by molar-refractivity contribution is -0.136. The molecule has 17 heavy (non-hydrogen) atoms. The number of hydrogen-bond acceptors (Lipinski definition) is 1. The first-order chi connectivity index (χ1) is 7.83. The molecule has 0 bridgehead atoms. The summed E-state index contributed by atoms with van der Waals surface area (Å²) in [5, 5.41) is 8.69. The van der Waals surface area contributed by atoms with Gasteiger partial charge in [-0.25, -0.2) is 0 Å². The Kier molecular flexibility index (Phi) is 4.36. The molecule has 0 aliphatic heterocycles. The molecule has 0 aromatic rings. The second-order valence-corrected chi connectivity index (χ2v) is 5.57. The first-order valence-corrected chi connectivity index (χ1v) is 6.17. The number of hydrogen-bond donors (Lipinski definition) is 1. The zero-order chi connectivity index (χ0) is 13.1. The van der Waals surface area contributed by atoms with E-state index in [4.69, 9.17) is 5.11 Å². The molecule has 0 aromatic carbocycles. The second kappa shape index (κ2) is 5.37. The van der Waals surface area contributed by atoms with Crippen LogP contribution in [0.2, 0.25) is 0 Å². The molecule has 0 heterocycles.